The van der Waals surface area contributed by atoms with Crippen molar-refractivity contribution in [1.82, 2.24) is 19.3 Å². The average molecular weight is 327 g/mol. The smallest absolute Gasteiger partial charge is 0.267 e. The van der Waals surface area contributed by atoms with Crippen LogP contribution in [0.15, 0.2) is 28.5 Å². The Balaban J connectivity index is 2.24. The summed E-state index contributed by atoms with van der Waals surface area (Å²) in [5.41, 5.74) is 0.364. The van der Waals surface area contributed by atoms with Crippen LogP contribution in [0.1, 0.15) is 31.5 Å². The Morgan fingerprint density at radius 3 is 2.74 bits per heavy atom. The van der Waals surface area contributed by atoms with Crippen molar-refractivity contribution in [3.63, 3.8) is 0 Å². The minimum absolute atomic E-state index is 0.0344. The molecule has 0 bridgehead atoms. The first-order valence-corrected chi connectivity index (χ1v) is 8.16. The van der Waals surface area contributed by atoms with Gasteiger partial charge in [-0.25, -0.2) is 9.67 Å². The molecule has 0 amide bonds. The number of thiophene rings is 1. The van der Waals surface area contributed by atoms with Crippen molar-refractivity contribution in [3.8, 4) is 6.07 Å². The lowest BCUT2D eigenvalue weighted by Gasteiger charge is -2.22. The van der Waals surface area contributed by atoms with E-state index in [1.807, 2.05) is 28.3 Å². The lowest BCUT2D eigenvalue weighted by molar-refractivity contribution is 0.301. The molecule has 0 aliphatic heterocycles. The van der Waals surface area contributed by atoms with E-state index in [1.165, 1.54) is 6.20 Å². The van der Waals surface area contributed by atoms with Crippen LogP contribution < -0.4 is 5.56 Å². The molecular formula is C16H17N5OS. The Hall–Kier alpha value is -2.46. The monoisotopic (exact) mass is 327 g/mol. The van der Waals surface area contributed by atoms with Gasteiger partial charge in [0.2, 0.25) is 5.82 Å². The fourth-order valence-electron chi connectivity index (χ4n) is 2.45. The molecule has 0 N–H and O–H groups in total. The van der Waals surface area contributed by atoms with Crippen LogP contribution in [0, 0.1) is 16.7 Å². The highest BCUT2D eigenvalue weighted by atomic mass is 32.1. The molecule has 0 atom stereocenters. The molecule has 7 heteroatoms. The minimum Gasteiger partial charge on any atom is -0.267 e. The second-order valence-electron chi connectivity index (χ2n) is 6.60. The van der Waals surface area contributed by atoms with E-state index >= 15 is 0 Å². The van der Waals surface area contributed by atoms with Gasteiger partial charge in [-0.2, -0.15) is 10.2 Å². The molecule has 3 aromatic heterocycles. The molecule has 3 aromatic rings. The third-order valence-corrected chi connectivity index (χ3v) is 4.24. The zero-order valence-electron chi connectivity index (χ0n) is 13.3. The maximum Gasteiger partial charge on any atom is 0.278 e. The van der Waals surface area contributed by atoms with Gasteiger partial charge in [0.15, 0.2) is 5.65 Å². The van der Waals surface area contributed by atoms with Gasteiger partial charge in [0.1, 0.15) is 11.5 Å². The van der Waals surface area contributed by atoms with E-state index in [0.29, 0.717) is 24.1 Å². The van der Waals surface area contributed by atoms with E-state index in [9.17, 15) is 4.79 Å². The van der Waals surface area contributed by atoms with Crippen molar-refractivity contribution in [2.75, 3.05) is 0 Å². The van der Waals surface area contributed by atoms with E-state index in [4.69, 9.17) is 5.26 Å². The van der Waals surface area contributed by atoms with Gasteiger partial charge in [0, 0.05) is 17.6 Å². The highest BCUT2D eigenvalue weighted by Crippen LogP contribution is 2.20. The number of rotatable bonds is 3. The Kier molecular flexibility index (Phi) is 3.78. The molecule has 6 nitrogen and oxygen atoms in total. The fourth-order valence-corrected chi connectivity index (χ4v) is 3.14. The molecule has 0 unspecified atom stereocenters. The van der Waals surface area contributed by atoms with Crippen molar-refractivity contribution >= 4 is 22.4 Å². The zero-order valence-corrected chi connectivity index (χ0v) is 14.1. The molecule has 0 aromatic carbocycles. The van der Waals surface area contributed by atoms with Gasteiger partial charge in [-0.1, -0.05) is 26.8 Å². The molecule has 0 aliphatic carbocycles. The van der Waals surface area contributed by atoms with Gasteiger partial charge in [0.25, 0.3) is 5.56 Å². The third kappa shape index (κ3) is 3.03. The Bertz CT molecular complexity index is 938. The SMILES string of the molecule is CC(C)(C)Cn1c2nc(C#N)ncc2c(=O)n1Cc1cccs1. The Labute approximate surface area is 137 Å². The quantitative estimate of drug-likeness (QED) is 0.741. The fraction of sp³-hybridized carbons (Fsp3) is 0.375. The van der Waals surface area contributed by atoms with Crippen LogP contribution in [0.4, 0.5) is 0 Å². The summed E-state index contributed by atoms with van der Waals surface area (Å²) in [6.07, 6.45) is 1.45. The zero-order chi connectivity index (χ0) is 16.6. The van der Waals surface area contributed by atoms with E-state index in [-0.39, 0.29) is 16.8 Å². The summed E-state index contributed by atoms with van der Waals surface area (Å²) >= 11 is 1.61. The van der Waals surface area contributed by atoms with Crippen molar-refractivity contribution < 1.29 is 0 Å². The van der Waals surface area contributed by atoms with Crippen LogP contribution in [0.3, 0.4) is 0 Å². The molecule has 0 aliphatic rings. The number of hydrogen-bond acceptors (Lipinski definition) is 5. The number of nitrogens with zero attached hydrogens (tertiary/aromatic N) is 5. The van der Waals surface area contributed by atoms with Crippen LogP contribution in [-0.2, 0) is 13.1 Å². The average Bonchev–Trinajstić information content (AvgIpc) is 3.08. The second-order valence-corrected chi connectivity index (χ2v) is 7.64. The maximum absolute atomic E-state index is 12.7. The first-order chi connectivity index (χ1) is 10.9. The van der Waals surface area contributed by atoms with Crippen LogP contribution in [-0.4, -0.2) is 19.3 Å². The summed E-state index contributed by atoms with van der Waals surface area (Å²) in [7, 11) is 0. The van der Waals surface area contributed by atoms with Gasteiger partial charge in [-0.3, -0.25) is 9.48 Å². The lowest BCUT2D eigenvalue weighted by Crippen LogP contribution is -2.27. The molecule has 0 spiro atoms. The Morgan fingerprint density at radius 1 is 1.35 bits per heavy atom. The number of fused-ring (bicyclic) bond motifs is 1. The normalized spacial score (nSPS) is 11.7. The summed E-state index contributed by atoms with van der Waals surface area (Å²) in [5.74, 6) is 0.0773. The summed E-state index contributed by atoms with van der Waals surface area (Å²) in [4.78, 5) is 22.0. The number of aromatic nitrogens is 4. The predicted octanol–water partition coefficient (Wildman–Crippen LogP) is 2.62. The van der Waals surface area contributed by atoms with Gasteiger partial charge >= 0.3 is 0 Å². The first-order valence-electron chi connectivity index (χ1n) is 7.28. The Morgan fingerprint density at radius 2 is 2.13 bits per heavy atom. The highest BCUT2D eigenvalue weighted by molar-refractivity contribution is 7.09. The van der Waals surface area contributed by atoms with Crippen molar-refractivity contribution in [2.24, 2.45) is 5.41 Å². The molecule has 23 heavy (non-hydrogen) atoms. The van der Waals surface area contributed by atoms with E-state index in [2.05, 4.69) is 30.7 Å². The molecule has 0 saturated carbocycles. The summed E-state index contributed by atoms with van der Waals surface area (Å²) in [6, 6.07) is 5.91. The summed E-state index contributed by atoms with van der Waals surface area (Å²) < 4.78 is 3.57. The first kappa shape index (κ1) is 15.4. The van der Waals surface area contributed by atoms with Gasteiger partial charge in [-0.15, -0.1) is 11.3 Å². The van der Waals surface area contributed by atoms with Crippen molar-refractivity contribution in [3.05, 3.63) is 44.8 Å². The predicted molar refractivity (Wildman–Crippen MR) is 89.4 cm³/mol. The van der Waals surface area contributed by atoms with Crippen LogP contribution in [0.5, 0.6) is 0 Å². The minimum atomic E-state index is -0.123. The standard InChI is InChI=1S/C16H17N5OS/c1-16(2,3)10-21-14-12(8-18-13(7-17)19-14)15(22)20(21)9-11-5-4-6-23-11/h4-6,8H,9-10H2,1-3H3. The molecule has 0 radical (unpaired) electrons. The second kappa shape index (κ2) is 5.63. The van der Waals surface area contributed by atoms with E-state index in [1.54, 1.807) is 16.0 Å². The van der Waals surface area contributed by atoms with Gasteiger partial charge in [0.05, 0.1) is 6.54 Å². The topological polar surface area (TPSA) is 76.5 Å². The van der Waals surface area contributed by atoms with E-state index in [0.717, 1.165) is 4.88 Å². The van der Waals surface area contributed by atoms with Crippen LogP contribution in [0.25, 0.3) is 11.0 Å². The molecule has 3 rings (SSSR count). The lowest BCUT2D eigenvalue weighted by atomic mass is 9.97. The van der Waals surface area contributed by atoms with Crippen molar-refractivity contribution in [2.45, 2.75) is 33.9 Å². The van der Waals surface area contributed by atoms with Crippen LogP contribution >= 0.6 is 11.3 Å². The van der Waals surface area contributed by atoms with E-state index < -0.39 is 0 Å². The largest absolute Gasteiger partial charge is 0.278 e. The number of hydrogen-bond donors (Lipinski definition) is 0. The molecule has 118 valence electrons. The molecule has 0 fully saturated rings. The van der Waals surface area contributed by atoms with Crippen molar-refractivity contribution in [1.29, 1.82) is 5.26 Å². The summed E-state index contributed by atoms with van der Waals surface area (Å²) in [5, 5.41) is 11.5. The molecule has 3 heterocycles. The third-order valence-electron chi connectivity index (χ3n) is 3.38. The number of nitriles is 1. The van der Waals surface area contributed by atoms with Gasteiger partial charge < -0.3 is 0 Å². The molecular weight excluding hydrogens is 310 g/mol. The van der Waals surface area contributed by atoms with Crippen LogP contribution in [0.2, 0.25) is 0 Å². The van der Waals surface area contributed by atoms with Gasteiger partial charge in [-0.05, 0) is 16.9 Å². The highest BCUT2D eigenvalue weighted by Gasteiger charge is 2.21. The maximum atomic E-state index is 12.7. The molecule has 0 saturated heterocycles. The summed E-state index contributed by atoms with van der Waals surface area (Å²) in [6.45, 7) is 7.42.